The number of hydrogen-bond donors (Lipinski definition) is 2. The summed E-state index contributed by atoms with van der Waals surface area (Å²) in [5.74, 6) is -0.759. The van der Waals surface area contributed by atoms with Gasteiger partial charge in [-0.2, -0.15) is 0 Å². The van der Waals surface area contributed by atoms with Crippen LogP contribution in [-0.4, -0.2) is 25.8 Å². The molecule has 1 atom stereocenters. The lowest BCUT2D eigenvalue weighted by Gasteiger charge is -2.12. The zero-order valence-corrected chi connectivity index (χ0v) is 11.7. The van der Waals surface area contributed by atoms with Crippen LogP contribution in [0.25, 0.3) is 0 Å². The van der Waals surface area contributed by atoms with Gasteiger partial charge in [0.05, 0.1) is 16.9 Å². The monoisotopic (exact) mass is 307 g/mol. The summed E-state index contributed by atoms with van der Waals surface area (Å²) >= 11 is 5.51. The molecule has 0 bridgehead atoms. The fourth-order valence-corrected chi connectivity index (χ4v) is 2.50. The largest absolute Gasteiger partial charge is 0.387 e. The molecule has 0 aliphatic rings. The van der Waals surface area contributed by atoms with Crippen molar-refractivity contribution >= 4 is 21.6 Å². The Hall–Kier alpha value is -0.950. The molecule has 7 heteroatoms. The van der Waals surface area contributed by atoms with Gasteiger partial charge in [0, 0.05) is 6.54 Å². The van der Waals surface area contributed by atoms with E-state index in [4.69, 9.17) is 11.6 Å². The predicted molar refractivity (Wildman–Crippen MR) is 73.0 cm³/mol. The molecule has 0 radical (unpaired) electrons. The third-order valence-electron chi connectivity index (χ3n) is 2.42. The van der Waals surface area contributed by atoms with Gasteiger partial charge in [0.25, 0.3) is 0 Å². The number of aliphatic hydroxyl groups is 1. The van der Waals surface area contributed by atoms with Gasteiger partial charge in [-0.3, -0.25) is 0 Å². The molecule has 1 aromatic carbocycles. The molecule has 0 amide bonds. The van der Waals surface area contributed by atoms with Gasteiger partial charge in [-0.15, -0.1) is 6.58 Å². The van der Waals surface area contributed by atoms with Gasteiger partial charge < -0.3 is 5.11 Å². The Morgan fingerprint density at radius 1 is 1.53 bits per heavy atom. The lowest BCUT2D eigenvalue weighted by Crippen LogP contribution is -2.30. The van der Waals surface area contributed by atoms with E-state index in [9.17, 15) is 17.9 Å². The van der Waals surface area contributed by atoms with Crippen molar-refractivity contribution in [1.82, 2.24) is 4.72 Å². The van der Waals surface area contributed by atoms with Crippen LogP contribution in [0.1, 0.15) is 18.1 Å². The maximum Gasteiger partial charge on any atom is 0.211 e. The van der Waals surface area contributed by atoms with Gasteiger partial charge in [-0.05, 0) is 24.1 Å². The smallest absolute Gasteiger partial charge is 0.211 e. The minimum atomic E-state index is -3.47. The first kappa shape index (κ1) is 16.1. The quantitative estimate of drug-likeness (QED) is 0.757. The third kappa shape index (κ3) is 5.28. The SMILES string of the molecule is C=CCCS(=O)(=O)NC[C@@H](O)c1ccc(Cl)c(F)c1. The van der Waals surface area contributed by atoms with E-state index in [0.29, 0.717) is 6.42 Å². The highest BCUT2D eigenvalue weighted by Gasteiger charge is 2.14. The number of allylic oxidation sites excluding steroid dienone is 1. The first-order valence-electron chi connectivity index (χ1n) is 5.57. The molecule has 1 rings (SSSR count). The Morgan fingerprint density at radius 2 is 2.21 bits per heavy atom. The summed E-state index contributed by atoms with van der Waals surface area (Å²) in [5, 5.41) is 9.71. The van der Waals surface area contributed by atoms with Gasteiger partial charge in [-0.25, -0.2) is 17.5 Å². The minimum absolute atomic E-state index is 0.0532. The topological polar surface area (TPSA) is 66.4 Å². The molecule has 0 aliphatic carbocycles. The van der Waals surface area contributed by atoms with Gasteiger partial charge >= 0.3 is 0 Å². The van der Waals surface area contributed by atoms with E-state index in [1.165, 1.54) is 18.2 Å². The predicted octanol–water partition coefficient (Wildman–Crippen LogP) is 2.01. The second-order valence-electron chi connectivity index (χ2n) is 3.93. The maximum atomic E-state index is 13.2. The number of halogens is 2. The van der Waals surface area contributed by atoms with Crippen LogP contribution in [0.2, 0.25) is 5.02 Å². The third-order valence-corrected chi connectivity index (χ3v) is 4.10. The molecule has 4 nitrogen and oxygen atoms in total. The van der Waals surface area contributed by atoms with Crippen LogP contribution in [0, 0.1) is 5.82 Å². The molecule has 0 spiro atoms. The lowest BCUT2D eigenvalue weighted by atomic mass is 10.1. The number of benzene rings is 1. The molecule has 0 saturated carbocycles. The Balaban J connectivity index is 2.62. The van der Waals surface area contributed by atoms with E-state index in [2.05, 4.69) is 11.3 Å². The lowest BCUT2D eigenvalue weighted by molar-refractivity contribution is 0.181. The molecular weight excluding hydrogens is 293 g/mol. The first-order chi connectivity index (χ1) is 8.85. The molecule has 19 heavy (non-hydrogen) atoms. The fourth-order valence-electron chi connectivity index (χ4n) is 1.35. The van der Waals surface area contributed by atoms with Crippen LogP contribution < -0.4 is 4.72 Å². The van der Waals surface area contributed by atoms with Crippen LogP contribution in [0.15, 0.2) is 30.9 Å². The summed E-state index contributed by atoms with van der Waals surface area (Å²) in [6.07, 6.45) is 0.677. The highest BCUT2D eigenvalue weighted by molar-refractivity contribution is 7.89. The summed E-state index contributed by atoms with van der Waals surface area (Å²) < 4.78 is 38.4. The molecule has 0 fully saturated rings. The summed E-state index contributed by atoms with van der Waals surface area (Å²) in [6, 6.07) is 3.82. The molecule has 2 N–H and O–H groups in total. The van der Waals surface area contributed by atoms with Crippen molar-refractivity contribution in [1.29, 1.82) is 0 Å². The Bertz CT molecular complexity index is 548. The van der Waals surface area contributed by atoms with Gasteiger partial charge in [0.2, 0.25) is 10.0 Å². The zero-order chi connectivity index (χ0) is 14.5. The summed E-state index contributed by atoms with van der Waals surface area (Å²) in [5.41, 5.74) is 0.258. The van der Waals surface area contributed by atoms with Crippen LogP contribution in [0.3, 0.4) is 0 Å². The van der Waals surface area contributed by atoms with Gasteiger partial charge in [0.1, 0.15) is 5.82 Å². The number of aliphatic hydroxyl groups excluding tert-OH is 1. The molecule has 1 aromatic rings. The Morgan fingerprint density at radius 3 is 2.79 bits per heavy atom. The van der Waals surface area contributed by atoms with Crippen LogP contribution >= 0.6 is 11.6 Å². The average Bonchev–Trinajstić information content (AvgIpc) is 2.37. The summed E-state index contributed by atoms with van der Waals surface area (Å²) in [7, 11) is -3.47. The maximum absolute atomic E-state index is 13.2. The van der Waals surface area contributed by atoms with Gasteiger partial charge in [-0.1, -0.05) is 23.7 Å². The first-order valence-corrected chi connectivity index (χ1v) is 7.60. The molecule has 0 saturated heterocycles. The number of nitrogens with one attached hydrogen (secondary N) is 1. The minimum Gasteiger partial charge on any atom is -0.387 e. The van der Waals surface area contributed by atoms with E-state index in [-0.39, 0.29) is 22.9 Å². The highest BCUT2D eigenvalue weighted by Crippen LogP contribution is 2.20. The van der Waals surface area contributed by atoms with Crippen molar-refractivity contribution in [2.45, 2.75) is 12.5 Å². The molecule has 0 aromatic heterocycles. The van der Waals surface area contributed by atoms with E-state index < -0.39 is 21.9 Å². The molecule has 0 unspecified atom stereocenters. The fraction of sp³-hybridized carbons (Fsp3) is 0.333. The van der Waals surface area contributed by atoms with E-state index >= 15 is 0 Å². The zero-order valence-electron chi connectivity index (χ0n) is 10.1. The van der Waals surface area contributed by atoms with Crippen molar-refractivity contribution in [3.63, 3.8) is 0 Å². The molecule has 0 heterocycles. The van der Waals surface area contributed by atoms with Crippen LogP contribution in [0.5, 0.6) is 0 Å². The average molecular weight is 308 g/mol. The van der Waals surface area contributed by atoms with Crippen LogP contribution in [-0.2, 0) is 10.0 Å². The van der Waals surface area contributed by atoms with Gasteiger partial charge in [0.15, 0.2) is 0 Å². The Kier molecular flexibility index (Phi) is 5.93. The molecule has 106 valence electrons. The number of sulfonamides is 1. The second kappa shape index (κ2) is 7.00. The van der Waals surface area contributed by atoms with Crippen molar-refractivity contribution < 1.29 is 17.9 Å². The molecule has 0 aliphatic heterocycles. The van der Waals surface area contributed by atoms with Crippen molar-refractivity contribution in [3.8, 4) is 0 Å². The summed E-state index contributed by atoms with van der Waals surface area (Å²) in [4.78, 5) is 0. The van der Waals surface area contributed by atoms with E-state index in [1.807, 2.05) is 0 Å². The second-order valence-corrected chi connectivity index (χ2v) is 6.27. The summed E-state index contributed by atoms with van der Waals surface area (Å²) in [6.45, 7) is 3.21. The number of rotatable bonds is 7. The standard InChI is InChI=1S/C12H15ClFNO3S/c1-2-3-6-19(17,18)15-8-12(16)9-4-5-10(13)11(14)7-9/h2,4-5,7,12,15-16H,1,3,6,8H2/t12-/m1/s1. The van der Waals surface area contributed by atoms with Crippen molar-refractivity contribution in [2.24, 2.45) is 0 Å². The highest BCUT2D eigenvalue weighted by atomic mass is 35.5. The van der Waals surface area contributed by atoms with Crippen LogP contribution in [0.4, 0.5) is 4.39 Å². The normalized spacial score (nSPS) is 13.2. The number of hydrogen-bond acceptors (Lipinski definition) is 3. The van der Waals surface area contributed by atoms with E-state index in [1.54, 1.807) is 0 Å². The van der Waals surface area contributed by atoms with Crippen molar-refractivity contribution in [2.75, 3.05) is 12.3 Å². The molecular formula is C12H15ClFNO3S. The Labute approximate surface area is 117 Å². The van der Waals surface area contributed by atoms with E-state index in [0.717, 1.165) is 6.07 Å². The van der Waals surface area contributed by atoms with Crippen molar-refractivity contribution in [3.05, 3.63) is 47.3 Å².